The summed E-state index contributed by atoms with van der Waals surface area (Å²) in [5, 5.41) is 0. The second-order valence-corrected chi connectivity index (χ2v) is 6.36. The molecule has 110 valence electrons. The third-order valence-electron chi connectivity index (χ3n) is 4.96. The molecule has 1 aliphatic heterocycles. The van der Waals surface area contributed by atoms with E-state index in [1.807, 2.05) is 0 Å². The number of rotatable bonds is 4. The highest BCUT2D eigenvalue weighted by Gasteiger charge is 2.32. The maximum atomic E-state index is 6.00. The summed E-state index contributed by atoms with van der Waals surface area (Å²) in [7, 11) is 0. The Bertz CT molecular complexity index is 448. The Hall–Kier alpha value is -0.900. The first-order valence-electron chi connectivity index (χ1n) is 7.97. The monoisotopic (exact) mass is 274 g/mol. The van der Waals surface area contributed by atoms with Crippen LogP contribution >= 0.6 is 0 Å². The molecule has 0 radical (unpaired) electrons. The Morgan fingerprint density at radius 3 is 2.90 bits per heavy atom. The van der Waals surface area contributed by atoms with Crippen LogP contribution < -0.4 is 11.3 Å². The Labute approximate surface area is 121 Å². The van der Waals surface area contributed by atoms with Crippen molar-refractivity contribution in [1.82, 2.24) is 5.43 Å². The van der Waals surface area contributed by atoms with Crippen LogP contribution in [0.25, 0.3) is 0 Å². The number of aryl methyl sites for hydroxylation is 1. The molecule has 3 heteroatoms. The summed E-state index contributed by atoms with van der Waals surface area (Å²) in [6, 6.07) is 9.17. The molecule has 0 saturated carbocycles. The van der Waals surface area contributed by atoms with Crippen molar-refractivity contribution in [3.63, 3.8) is 0 Å². The summed E-state index contributed by atoms with van der Waals surface area (Å²) in [4.78, 5) is 0. The molecule has 3 N–H and O–H groups in total. The second kappa shape index (κ2) is 6.25. The zero-order valence-electron chi connectivity index (χ0n) is 12.3. The van der Waals surface area contributed by atoms with Crippen LogP contribution in [0.15, 0.2) is 24.3 Å². The summed E-state index contributed by atoms with van der Waals surface area (Å²) in [5.41, 5.74) is 6.08. The number of hydrazine groups is 1. The Kier molecular flexibility index (Phi) is 4.39. The van der Waals surface area contributed by atoms with Crippen molar-refractivity contribution in [1.29, 1.82) is 0 Å². The van der Waals surface area contributed by atoms with E-state index in [1.54, 1.807) is 0 Å². The first-order valence-corrected chi connectivity index (χ1v) is 7.97. The quantitative estimate of drug-likeness (QED) is 0.655. The highest BCUT2D eigenvalue weighted by molar-refractivity contribution is 5.32. The molecule has 1 aromatic carbocycles. The summed E-state index contributed by atoms with van der Waals surface area (Å²) in [6.07, 6.45) is 7.83. The van der Waals surface area contributed by atoms with Gasteiger partial charge in [-0.15, -0.1) is 0 Å². The fourth-order valence-electron chi connectivity index (χ4n) is 3.86. The van der Waals surface area contributed by atoms with Gasteiger partial charge >= 0.3 is 0 Å². The van der Waals surface area contributed by atoms with Crippen LogP contribution in [-0.2, 0) is 11.2 Å². The first-order chi connectivity index (χ1) is 9.78. The summed E-state index contributed by atoms with van der Waals surface area (Å²) < 4.78 is 6.00. The molecule has 0 bridgehead atoms. The largest absolute Gasteiger partial charge is 0.374 e. The number of hydrogen-bond acceptors (Lipinski definition) is 3. The lowest BCUT2D eigenvalue weighted by Crippen LogP contribution is -2.45. The van der Waals surface area contributed by atoms with Gasteiger partial charge in [0.1, 0.15) is 0 Å². The van der Waals surface area contributed by atoms with E-state index >= 15 is 0 Å². The van der Waals surface area contributed by atoms with Gasteiger partial charge in [-0.05, 0) is 62.5 Å². The molecule has 0 spiro atoms. The third-order valence-corrected chi connectivity index (χ3v) is 4.96. The second-order valence-electron chi connectivity index (χ2n) is 6.36. The fraction of sp³-hybridized carbons (Fsp3) is 0.647. The van der Waals surface area contributed by atoms with Crippen LogP contribution in [0, 0.1) is 0 Å². The van der Waals surface area contributed by atoms with Crippen LogP contribution in [0.5, 0.6) is 0 Å². The van der Waals surface area contributed by atoms with Gasteiger partial charge in [0.2, 0.25) is 0 Å². The van der Waals surface area contributed by atoms with E-state index in [0.29, 0.717) is 12.0 Å². The lowest BCUT2D eigenvalue weighted by Gasteiger charge is -2.31. The van der Waals surface area contributed by atoms with Gasteiger partial charge in [-0.2, -0.15) is 0 Å². The molecule has 0 aromatic heterocycles. The molecule has 1 aliphatic carbocycles. The molecule has 4 atom stereocenters. The molecule has 1 heterocycles. The van der Waals surface area contributed by atoms with Crippen molar-refractivity contribution in [2.75, 3.05) is 0 Å². The van der Waals surface area contributed by atoms with Gasteiger partial charge < -0.3 is 4.74 Å². The molecule has 3 rings (SSSR count). The SMILES string of the molecule is CC1CCC(C(CC2CCCc3ccccc32)NN)O1. The molecule has 4 unspecified atom stereocenters. The molecule has 1 fully saturated rings. The molecule has 2 aliphatic rings. The number of fused-ring (bicyclic) bond motifs is 1. The van der Waals surface area contributed by atoms with Crippen molar-refractivity contribution < 1.29 is 4.74 Å². The number of benzene rings is 1. The normalized spacial score (nSPS) is 31.0. The lowest BCUT2D eigenvalue weighted by molar-refractivity contribution is 0.0280. The average Bonchev–Trinajstić information content (AvgIpc) is 2.91. The van der Waals surface area contributed by atoms with Gasteiger partial charge in [0.15, 0.2) is 0 Å². The highest BCUT2D eigenvalue weighted by atomic mass is 16.5. The average molecular weight is 274 g/mol. The fourth-order valence-corrected chi connectivity index (χ4v) is 3.86. The van der Waals surface area contributed by atoms with Gasteiger partial charge in [0.05, 0.1) is 12.2 Å². The van der Waals surface area contributed by atoms with E-state index in [1.165, 1.54) is 30.4 Å². The number of ether oxygens (including phenoxy) is 1. The van der Waals surface area contributed by atoms with Crippen molar-refractivity contribution in [2.45, 2.75) is 69.6 Å². The number of hydrogen-bond donors (Lipinski definition) is 2. The minimum atomic E-state index is 0.274. The zero-order valence-corrected chi connectivity index (χ0v) is 12.3. The molecule has 1 saturated heterocycles. The van der Waals surface area contributed by atoms with Crippen LogP contribution in [0.1, 0.15) is 56.1 Å². The van der Waals surface area contributed by atoms with Gasteiger partial charge in [-0.3, -0.25) is 11.3 Å². The Morgan fingerprint density at radius 1 is 1.30 bits per heavy atom. The van der Waals surface area contributed by atoms with E-state index < -0.39 is 0 Å². The maximum absolute atomic E-state index is 6.00. The summed E-state index contributed by atoms with van der Waals surface area (Å²) in [5.74, 6) is 6.43. The van der Waals surface area contributed by atoms with Crippen molar-refractivity contribution in [2.24, 2.45) is 5.84 Å². The molecule has 3 nitrogen and oxygen atoms in total. The van der Waals surface area contributed by atoms with E-state index in [-0.39, 0.29) is 12.1 Å². The van der Waals surface area contributed by atoms with E-state index in [2.05, 4.69) is 36.6 Å². The molecular weight excluding hydrogens is 248 g/mol. The van der Waals surface area contributed by atoms with Gasteiger partial charge in [0, 0.05) is 6.04 Å². The van der Waals surface area contributed by atoms with Crippen LogP contribution in [0.2, 0.25) is 0 Å². The Morgan fingerprint density at radius 2 is 2.15 bits per heavy atom. The van der Waals surface area contributed by atoms with E-state index in [4.69, 9.17) is 10.6 Å². The molecule has 1 aromatic rings. The smallest absolute Gasteiger partial charge is 0.0746 e. The summed E-state index contributed by atoms with van der Waals surface area (Å²) in [6.45, 7) is 2.16. The minimum absolute atomic E-state index is 0.274. The standard InChI is InChI=1S/C17H26N2O/c1-12-9-10-17(20-12)16(19-18)11-14-7-4-6-13-5-2-3-8-15(13)14/h2-3,5,8,12,14,16-17,19H,4,6-7,9-11,18H2,1H3. The minimum Gasteiger partial charge on any atom is -0.374 e. The Balaban J connectivity index is 1.70. The zero-order chi connectivity index (χ0) is 13.9. The van der Waals surface area contributed by atoms with Gasteiger partial charge in [0.25, 0.3) is 0 Å². The highest BCUT2D eigenvalue weighted by Crippen LogP contribution is 2.36. The first kappa shape index (κ1) is 14.1. The number of nitrogens with one attached hydrogen (secondary N) is 1. The maximum Gasteiger partial charge on any atom is 0.0746 e. The van der Waals surface area contributed by atoms with Gasteiger partial charge in [-0.1, -0.05) is 24.3 Å². The molecule has 0 amide bonds. The summed E-state index contributed by atoms with van der Waals surface area (Å²) >= 11 is 0. The van der Waals surface area contributed by atoms with Crippen LogP contribution in [-0.4, -0.2) is 18.2 Å². The molecular formula is C17H26N2O. The number of nitrogens with two attached hydrogens (primary N) is 1. The topological polar surface area (TPSA) is 47.3 Å². The third kappa shape index (κ3) is 2.90. The van der Waals surface area contributed by atoms with Crippen molar-refractivity contribution >= 4 is 0 Å². The van der Waals surface area contributed by atoms with E-state index in [9.17, 15) is 0 Å². The predicted molar refractivity (Wildman–Crippen MR) is 81.4 cm³/mol. The molecule has 20 heavy (non-hydrogen) atoms. The van der Waals surface area contributed by atoms with Crippen LogP contribution in [0.4, 0.5) is 0 Å². The van der Waals surface area contributed by atoms with Crippen LogP contribution in [0.3, 0.4) is 0 Å². The van der Waals surface area contributed by atoms with Crippen molar-refractivity contribution in [3.8, 4) is 0 Å². The van der Waals surface area contributed by atoms with E-state index in [0.717, 1.165) is 19.3 Å². The predicted octanol–water partition coefficient (Wildman–Crippen LogP) is 2.90. The van der Waals surface area contributed by atoms with Gasteiger partial charge in [-0.25, -0.2) is 0 Å². The lowest BCUT2D eigenvalue weighted by atomic mass is 9.79. The van der Waals surface area contributed by atoms with Crippen molar-refractivity contribution in [3.05, 3.63) is 35.4 Å².